The molecule has 1 N–H and O–H groups in total. The SMILES string of the molecule is CCC(=O)[C@H](C)[C@@H](Nc1ccccc1)c1ccccc1. The molecule has 0 saturated carbocycles. The molecule has 0 heterocycles. The van der Waals surface area contributed by atoms with Crippen LogP contribution in [0, 0.1) is 5.92 Å². The van der Waals surface area contributed by atoms with Gasteiger partial charge in [0.25, 0.3) is 0 Å². The van der Waals surface area contributed by atoms with Crippen LogP contribution in [0.2, 0.25) is 0 Å². The lowest BCUT2D eigenvalue weighted by molar-refractivity contribution is -0.122. The van der Waals surface area contributed by atoms with Crippen LogP contribution < -0.4 is 5.32 Å². The molecular formula is C18H21NO. The Bertz CT molecular complexity index is 536. The fourth-order valence-electron chi connectivity index (χ4n) is 2.38. The first-order valence-electron chi connectivity index (χ1n) is 7.11. The molecule has 0 bridgehead atoms. The third-order valence-electron chi connectivity index (χ3n) is 3.61. The zero-order valence-electron chi connectivity index (χ0n) is 12.0. The Kier molecular flexibility index (Phi) is 4.94. The van der Waals surface area contributed by atoms with E-state index in [0.29, 0.717) is 6.42 Å². The molecule has 2 aromatic carbocycles. The number of hydrogen-bond donors (Lipinski definition) is 1. The van der Waals surface area contributed by atoms with Crippen molar-refractivity contribution in [3.05, 3.63) is 66.2 Å². The summed E-state index contributed by atoms with van der Waals surface area (Å²) in [4.78, 5) is 12.1. The highest BCUT2D eigenvalue weighted by Crippen LogP contribution is 2.27. The molecule has 2 heteroatoms. The molecule has 20 heavy (non-hydrogen) atoms. The minimum Gasteiger partial charge on any atom is -0.378 e. The summed E-state index contributed by atoms with van der Waals surface area (Å²) in [5, 5.41) is 3.49. The molecule has 0 spiro atoms. The van der Waals surface area contributed by atoms with E-state index in [2.05, 4.69) is 17.4 Å². The highest BCUT2D eigenvalue weighted by Gasteiger charge is 2.24. The largest absolute Gasteiger partial charge is 0.378 e. The maximum absolute atomic E-state index is 12.1. The minimum absolute atomic E-state index is 0.00560. The molecule has 0 aliphatic rings. The Balaban J connectivity index is 2.27. The first-order valence-corrected chi connectivity index (χ1v) is 7.11. The molecule has 2 nitrogen and oxygen atoms in total. The summed E-state index contributed by atoms with van der Waals surface area (Å²) in [6.07, 6.45) is 0.570. The highest BCUT2D eigenvalue weighted by molar-refractivity contribution is 5.81. The van der Waals surface area contributed by atoms with E-state index in [4.69, 9.17) is 0 Å². The second kappa shape index (κ2) is 6.90. The molecule has 0 unspecified atom stereocenters. The molecule has 0 fully saturated rings. The summed E-state index contributed by atoms with van der Waals surface area (Å²) in [5.74, 6) is 0.227. The van der Waals surface area contributed by atoms with Crippen molar-refractivity contribution in [2.24, 2.45) is 5.92 Å². The minimum atomic E-state index is -0.0531. The van der Waals surface area contributed by atoms with Crippen LogP contribution in [0.3, 0.4) is 0 Å². The van der Waals surface area contributed by atoms with Gasteiger partial charge in [0.1, 0.15) is 5.78 Å². The number of carbonyl (C=O) groups excluding carboxylic acids is 1. The molecule has 2 atom stereocenters. The first-order chi connectivity index (χ1) is 9.72. The van der Waals surface area contributed by atoms with Gasteiger partial charge >= 0.3 is 0 Å². The van der Waals surface area contributed by atoms with Gasteiger partial charge in [-0.25, -0.2) is 0 Å². The van der Waals surface area contributed by atoms with Gasteiger partial charge in [-0.1, -0.05) is 62.4 Å². The second-order valence-corrected chi connectivity index (χ2v) is 5.01. The lowest BCUT2D eigenvalue weighted by Crippen LogP contribution is -2.25. The van der Waals surface area contributed by atoms with Crippen molar-refractivity contribution < 1.29 is 4.79 Å². The number of para-hydroxylation sites is 1. The van der Waals surface area contributed by atoms with Gasteiger partial charge in [-0.3, -0.25) is 4.79 Å². The molecular weight excluding hydrogens is 246 g/mol. The molecule has 2 rings (SSSR count). The zero-order chi connectivity index (χ0) is 14.4. The fraction of sp³-hybridized carbons (Fsp3) is 0.278. The molecule has 0 aromatic heterocycles. The van der Waals surface area contributed by atoms with Gasteiger partial charge in [-0.15, -0.1) is 0 Å². The lowest BCUT2D eigenvalue weighted by atomic mass is 9.90. The Labute approximate surface area is 120 Å². The standard InChI is InChI=1S/C18H21NO/c1-3-17(20)14(2)18(15-10-6-4-7-11-15)19-16-12-8-5-9-13-16/h4-14,18-19H,3H2,1-2H3/t14-,18+/m0/s1. The number of hydrogen-bond acceptors (Lipinski definition) is 2. The maximum Gasteiger partial charge on any atom is 0.137 e. The lowest BCUT2D eigenvalue weighted by Gasteiger charge is -2.25. The smallest absolute Gasteiger partial charge is 0.137 e. The molecule has 0 aliphatic carbocycles. The summed E-state index contributed by atoms with van der Waals surface area (Å²) < 4.78 is 0. The Morgan fingerprint density at radius 3 is 2.10 bits per heavy atom. The van der Waals surface area contributed by atoms with Crippen molar-refractivity contribution in [1.29, 1.82) is 0 Å². The third-order valence-corrected chi connectivity index (χ3v) is 3.61. The molecule has 0 radical (unpaired) electrons. The van der Waals surface area contributed by atoms with Gasteiger partial charge in [-0.2, -0.15) is 0 Å². The number of ketones is 1. The number of nitrogens with one attached hydrogen (secondary N) is 1. The van der Waals surface area contributed by atoms with Crippen molar-refractivity contribution in [1.82, 2.24) is 0 Å². The number of anilines is 1. The quantitative estimate of drug-likeness (QED) is 0.837. The van der Waals surface area contributed by atoms with Gasteiger partial charge in [0.15, 0.2) is 0 Å². The van der Waals surface area contributed by atoms with E-state index >= 15 is 0 Å². The van der Waals surface area contributed by atoms with E-state index in [-0.39, 0.29) is 17.7 Å². The third kappa shape index (κ3) is 3.47. The normalized spacial score (nSPS) is 13.5. The second-order valence-electron chi connectivity index (χ2n) is 5.01. The van der Waals surface area contributed by atoms with Crippen molar-refractivity contribution in [3.8, 4) is 0 Å². The van der Waals surface area contributed by atoms with Gasteiger partial charge in [0, 0.05) is 18.0 Å². The Morgan fingerprint density at radius 2 is 1.55 bits per heavy atom. The van der Waals surface area contributed by atoms with Crippen LogP contribution in [0.4, 0.5) is 5.69 Å². The first kappa shape index (κ1) is 14.3. The average molecular weight is 267 g/mol. The van der Waals surface area contributed by atoms with Crippen LogP contribution in [-0.4, -0.2) is 5.78 Å². The van der Waals surface area contributed by atoms with Crippen LogP contribution >= 0.6 is 0 Å². The molecule has 0 saturated heterocycles. The molecule has 104 valence electrons. The monoisotopic (exact) mass is 267 g/mol. The van der Waals surface area contributed by atoms with Crippen LogP contribution in [0.15, 0.2) is 60.7 Å². The summed E-state index contributed by atoms with van der Waals surface area (Å²) >= 11 is 0. The van der Waals surface area contributed by atoms with Crippen LogP contribution in [0.25, 0.3) is 0 Å². The predicted molar refractivity (Wildman–Crippen MR) is 83.7 cm³/mol. The fourth-order valence-corrected chi connectivity index (χ4v) is 2.38. The van der Waals surface area contributed by atoms with E-state index in [0.717, 1.165) is 11.3 Å². The van der Waals surface area contributed by atoms with Gasteiger partial charge in [0.2, 0.25) is 0 Å². The summed E-state index contributed by atoms with van der Waals surface area (Å²) in [7, 11) is 0. The molecule has 0 amide bonds. The van der Waals surface area contributed by atoms with Crippen LogP contribution in [-0.2, 0) is 4.79 Å². The van der Waals surface area contributed by atoms with Crippen LogP contribution in [0.1, 0.15) is 31.9 Å². The van der Waals surface area contributed by atoms with Crippen molar-refractivity contribution in [2.45, 2.75) is 26.3 Å². The predicted octanol–water partition coefficient (Wildman–Crippen LogP) is 4.46. The summed E-state index contributed by atoms with van der Waals surface area (Å²) in [6.45, 7) is 3.92. The Morgan fingerprint density at radius 1 is 1.00 bits per heavy atom. The topological polar surface area (TPSA) is 29.1 Å². The summed E-state index contributed by atoms with van der Waals surface area (Å²) in [6, 6.07) is 20.2. The van der Waals surface area contributed by atoms with E-state index in [9.17, 15) is 4.79 Å². The number of benzene rings is 2. The number of rotatable bonds is 6. The van der Waals surface area contributed by atoms with Crippen molar-refractivity contribution in [2.75, 3.05) is 5.32 Å². The zero-order valence-corrected chi connectivity index (χ0v) is 12.0. The van der Waals surface area contributed by atoms with E-state index in [1.807, 2.05) is 62.4 Å². The van der Waals surface area contributed by atoms with Gasteiger partial charge < -0.3 is 5.32 Å². The van der Waals surface area contributed by atoms with Crippen LogP contribution in [0.5, 0.6) is 0 Å². The number of Topliss-reactive ketones (excluding diaryl/α,β-unsaturated/α-hetero) is 1. The average Bonchev–Trinajstić information content (AvgIpc) is 2.53. The Hall–Kier alpha value is -2.09. The van der Waals surface area contributed by atoms with E-state index in [1.54, 1.807) is 0 Å². The highest BCUT2D eigenvalue weighted by atomic mass is 16.1. The summed E-state index contributed by atoms with van der Waals surface area (Å²) in [5.41, 5.74) is 2.18. The van der Waals surface area contributed by atoms with Gasteiger partial charge in [-0.05, 0) is 17.7 Å². The maximum atomic E-state index is 12.1. The van der Waals surface area contributed by atoms with E-state index < -0.39 is 0 Å². The van der Waals surface area contributed by atoms with Gasteiger partial charge in [0.05, 0.1) is 6.04 Å². The molecule has 2 aromatic rings. The number of carbonyl (C=O) groups is 1. The van der Waals surface area contributed by atoms with E-state index in [1.165, 1.54) is 0 Å². The van der Waals surface area contributed by atoms with Crippen molar-refractivity contribution in [3.63, 3.8) is 0 Å². The molecule has 0 aliphatic heterocycles. The van der Waals surface area contributed by atoms with Crippen molar-refractivity contribution >= 4 is 11.5 Å².